The average Bonchev–Trinajstić information content (AvgIpc) is 2.27. The van der Waals surface area contributed by atoms with Crippen LogP contribution < -0.4 is 10.6 Å². The summed E-state index contributed by atoms with van der Waals surface area (Å²) in [5.41, 5.74) is 6.50. The van der Waals surface area contributed by atoms with Crippen LogP contribution in [-0.4, -0.2) is 34.3 Å². The van der Waals surface area contributed by atoms with Gasteiger partial charge in [0.15, 0.2) is 0 Å². The molecule has 0 amide bonds. The number of nitrogens with zero attached hydrogens (tertiary/aromatic N) is 3. The Morgan fingerprint density at radius 2 is 2.06 bits per heavy atom. The molecule has 1 aromatic rings. The molecule has 0 spiro atoms. The fraction of sp³-hybridized carbons (Fsp3) is 0.667. The molecule has 5 nitrogen and oxygen atoms in total. The maximum absolute atomic E-state index is 10.0. The summed E-state index contributed by atoms with van der Waals surface area (Å²) in [6.45, 7) is 1.90. The van der Waals surface area contributed by atoms with Crippen LogP contribution in [0.3, 0.4) is 0 Å². The van der Waals surface area contributed by atoms with Gasteiger partial charge >= 0.3 is 0 Å². The van der Waals surface area contributed by atoms with Crippen molar-refractivity contribution < 1.29 is 5.11 Å². The highest BCUT2D eigenvalue weighted by Gasteiger charge is 2.27. The second-order valence-corrected chi connectivity index (χ2v) is 4.76. The van der Waals surface area contributed by atoms with Crippen LogP contribution in [0.2, 0.25) is 0 Å². The molecule has 5 heteroatoms. The molecule has 94 valence electrons. The first-order chi connectivity index (χ1) is 8.08. The number of aliphatic hydroxyl groups excluding tert-OH is 1. The molecule has 0 saturated heterocycles. The molecular weight excluding hydrogens is 216 g/mol. The summed E-state index contributed by atoms with van der Waals surface area (Å²) in [7, 11) is 1.96. The molecule has 1 aromatic heterocycles. The topological polar surface area (TPSA) is 75.3 Å². The zero-order valence-electron chi connectivity index (χ0n) is 10.4. The van der Waals surface area contributed by atoms with Crippen molar-refractivity contribution in [1.29, 1.82) is 0 Å². The molecule has 0 radical (unpaired) electrons. The highest BCUT2D eigenvalue weighted by atomic mass is 16.3. The minimum Gasteiger partial charge on any atom is -0.391 e. The molecular formula is C12H20N4O. The van der Waals surface area contributed by atoms with Crippen molar-refractivity contribution in [3.8, 4) is 0 Å². The maximum Gasteiger partial charge on any atom is 0.222 e. The van der Waals surface area contributed by atoms with Crippen molar-refractivity contribution in [2.24, 2.45) is 0 Å². The Hall–Kier alpha value is -1.36. The quantitative estimate of drug-likeness (QED) is 0.804. The Morgan fingerprint density at radius 3 is 2.71 bits per heavy atom. The Balaban J connectivity index is 2.20. The third-order valence-corrected chi connectivity index (χ3v) is 3.41. The molecule has 0 aliphatic heterocycles. The maximum atomic E-state index is 10.0. The Morgan fingerprint density at radius 1 is 1.35 bits per heavy atom. The largest absolute Gasteiger partial charge is 0.391 e. The third kappa shape index (κ3) is 2.66. The SMILES string of the molecule is Cc1cc(N(C)C2CCCCC2O)nc(N)n1. The lowest BCUT2D eigenvalue weighted by molar-refractivity contribution is 0.106. The molecule has 1 aliphatic rings. The fourth-order valence-electron chi connectivity index (χ4n) is 2.47. The summed E-state index contributed by atoms with van der Waals surface area (Å²) in [6, 6.07) is 2.04. The highest BCUT2D eigenvalue weighted by Crippen LogP contribution is 2.25. The Labute approximate surface area is 102 Å². The number of aryl methyl sites for hydroxylation is 1. The van der Waals surface area contributed by atoms with E-state index in [1.54, 1.807) is 0 Å². The fourth-order valence-corrected chi connectivity index (χ4v) is 2.47. The van der Waals surface area contributed by atoms with Crippen LogP contribution in [-0.2, 0) is 0 Å². The van der Waals surface area contributed by atoms with Crippen molar-refractivity contribution in [3.63, 3.8) is 0 Å². The number of aliphatic hydroxyl groups is 1. The molecule has 2 rings (SSSR count). The van der Waals surface area contributed by atoms with Crippen LogP contribution in [0.1, 0.15) is 31.4 Å². The molecule has 0 bridgehead atoms. The summed E-state index contributed by atoms with van der Waals surface area (Å²) < 4.78 is 0. The van der Waals surface area contributed by atoms with Gasteiger partial charge in [0.1, 0.15) is 5.82 Å². The Kier molecular flexibility index (Phi) is 3.47. The molecule has 2 atom stereocenters. The van der Waals surface area contributed by atoms with Gasteiger partial charge < -0.3 is 15.7 Å². The van der Waals surface area contributed by atoms with E-state index >= 15 is 0 Å². The number of hydrogen-bond acceptors (Lipinski definition) is 5. The van der Waals surface area contributed by atoms with Crippen LogP contribution in [0.5, 0.6) is 0 Å². The van der Waals surface area contributed by atoms with E-state index in [-0.39, 0.29) is 18.1 Å². The van der Waals surface area contributed by atoms with E-state index in [9.17, 15) is 5.11 Å². The lowest BCUT2D eigenvalue weighted by Gasteiger charge is -2.35. The van der Waals surface area contributed by atoms with E-state index in [1.165, 1.54) is 0 Å². The zero-order chi connectivity index (χ0) is 12.4. The summed E-state index contributed by atoms with van der Waals surface area (Å²) in [5, 5.41) is 10.0. The summed E-state index contributed by atoms with van der Waals surface area (Å²) in [6.07, 6.45) is 3.86. The van der Waals surface area contributed by atoms with Gasteiger partial charge in [0, 0.05) is 18.8 Å². The van der Waals surface area contributed by atoms with Crippen molar-refractivity contribution in [2.75, 3.05) is 17.7 Å². The van der Waals surface area contributed by atoms with Crippen molar-refractivity contribution in [3.05, 3.63) is 11.8 Å². The number of nitrogens with two attached hydrogens (primary N) is 1. The number of nitrogen functional groups attached to an aromatic ring is 1. The van der Waals surface area contributed by atoms with Gasteiger partial charge in [-0.1, -0.05) is 12.8 Å². The smallest absolute Gasteiger partial charge is 0.222 e. The normalized spacial score (nSPS) is 24.6. The number of hydrogen-bond donors (Lipinski definition) is 2. The van der Waals surface area contributed by atoms with Crippen molar-refractivity contribution in [2.45, 2.75) is 44.8 Å². The van der Waals surface area contributed by atoms with Gasteiger partial charge in [-0.25, -0.2) is 4.98 Å². The second kappa shape index (κ2) is 4.87. The van der Waals surface area contributed by atoms with E-state index in [2.05, 4.69) is 9.97 Å². The molecule has 0 aromatic carbocycles. The van der Waals surface area contributed by atoms with E-state index in [4.69, 9.17) is 5.73 Å². The first-order valence-corrected chi connectivity index (χ1v) is 6.10. The van der Waals surface area contributed by atoms with Crippen molar-refractivity contribution >= 4 is 11.8 Å². The van der Waals surface area contributed by atoms with Crippen LogP contribution >= 0.6 is 0 Å². The van der Waals surface area contributed by atoms with Gasteiger partial charge in [0.25, 0.3) is 0 Å². The van der Waals surface area contributed by atoms with E-state index < -0.39 is 0 Å². The molecule has 1 heterocycles. The number of aromatic nitrogens is 2. The molecule has 3 N–H and O–H groups in total. The number of rotatable bonds is 2. The lowest BCUT2D eigenvalue weighted by atomic mass is 9.91. The van der Waals surface area contributed by atoms with Crippen LogP contribution in [0.4, 0.5) is 11.8 Å². The van der Waals surface area contributed by atoms with Crippen LogP contribution in [0.25, 0.3) is 0 Å². The zero-order valence-corrected chi connectivity index (χ0v) is 10.4. The minimum atomic E-state index is -0.273. The second-order valence-electron chi connectivity index (χ2n) is 4.76. The summed E-state index contributed by atoms with van der Waals surface area (Å²) in [5.74, 6) is 1.08. The number of anilines is 2. The van der Waals surface area contributed by atoms with E-state index in [0.29, 0.717) is 0 Å². The summed E-state index contributed by atoms with van der Waals surface area (Å²) >= 11 is 0. The molecule has 2 unspecified atom stereocenters. The third-order valence-electron chi connectivity index (χ3n) is 3.41. The Bertz CT molecular complexity index is 376. The first kappa shape index (κ1) is 12.1. The van der Waals surface area contributed by atoms with Gasteiger partial charge in [0.2, 0.25) is 5.95 Å². The molecule has 1 fully saturated rings. The predicted octanol–water partition coefficient (Wildman–Crippen LogP) is 1.11. The van der Waals surface area contributed by atoms with Gasteiger partial charge in [-0.15, -0.1) is 0 Å². The monoisotopic (exact) mass is 236 g/mol. The molecule has 1 saturated carbocycles. The van der Waals surface area contributed by atoms with Gasteiger partial charge in [0.05, 0.1) is 12.1 Å². The highest BCUT2D eigenvalue weighted by molar-refractivity contribution is 5.43. The van der Waals surface area contributed by atoms with Crippen LogP contribution in [0.15, 0.2) is 6.07 Å². The standard InChI is InChI=1S/C12H20N4O/c1-8-7-11(15-12(13)14-8)16(2)9-5-3-4-6-10(9)17/h7,9-10,17H,3-6H2,1-2H3,(H2,13,14,15). The predicted molar refractivity (Wildman–Crippen MR) is 67.8 cm³/mol. The van der Waals surface area contributed by atoms with Gasteiger partial charge in [-0.05, 0) is 19.8 Å². The lowest BCUT2D eigenvalue weighted by Crippen LogP contribution is -2.43. The van der Waals surface area contributed by atoms with Crippen molar-refractivity contribution in [1.82, 2.24) is 9.97 Å². The van der Waals surface area contributed by atoms with E-state index in [1.807, 2.05) is 24.9 Å². The minimum absolute atomic E-state index is 0.137. The molecule has 1 aliphatic carbocycles. The van der Waals surface area contributed by atoms with Gasteiger partial charge in [-0.2, -0.15) is 4.98 Å². The molecule has 17 heavy (non-hydrogen) atoms. The summed E-state index contributed by atoms with van der Waals surface area (Å²) in [4.78, 5) is 10.3. The van der Waals surface area contributed by atoms with Gasteiger partial charge in [-0.3, -0.25) is 0 Å². The van der Waals surface area contributed by atoms with E-state index in [0.717, 1.165) is 37.2 Å². The average molecular weight is 236 g/mol. The number of likely N-dealkylation sites (N-methyl/N-ethyl adjacent to an activating group) is 1. The van der Waals surface area contributed by atoms with Crippen LogP contribution in [0, 0.1) is 6.92 Å². The first-order valence-electron chi connectivity index (χ1n) is 6.10.